The molecule has 2 rings (SSSR count). The van der Waals surface area contributed by atoms with Gasteiger partial charge in [-0.15, -0.1) is 0 Å². The third kappa shape index (κ3) is 1.71. The van der Waals surface area contributed by atoms with E-state index in [0.29, 0.717) is 30.4 Å². The van der Waals surface area contributed by atoms with Crippen LogP contribution in [0.3, 0.4) is 0 Å². The monoisotopic (exact) mass is 220 g/mol. The number of hydrogen-bond acceptors (Lipinski definition) is 4. The molecule has 0 bridgehead atoms. The lowest BCUT2D eigenvalue weighted by molar-refractivity contribution is -0.145. The minimum atomic E-state index is -0.304. The summed E-state index contributed by atoms with van der Waals surface area (Å²) in [6.07, 6.45) is 3.99. The normalized spacial score (nSPS) is 24.4. The van der Waals surface area contributed by atoms with Crippen molar-refractivity contribution in [2.24, 2.45) is 5.92 Å². The first-order valence-corrected chi connectivity index (χ1v) is 5.20. The Kier molecular flexibility index (Phi) is 2.73. The highest BCUT2D eigenvalue weighted by Gasteiger charge is 2.32. The van der Waals surface area contributed by atoms with E-state index in [1.807, 2.05) is 0 Å². The van der Waals surface area contributed by atoms with Crippen LogP contribution in [0.15, 0.2) is 23.3 Å². The van der Waals surface area contributed by atoms with Gasteiger partial charge in [0, 0.05) is 11.1 Å². The predicted molar refractivity (Wildman–Crippen MR) is 55.5 cm³/mol. The molecule has 0 aromatic heterocycles. The van der Waals surface area contributed by atoms with Gasteiger partial charge in [-0.25, -0.2) is 0 Å². The van der Waals surface area contributed by atoms with Crippen LogP contribution >= 0.6 is 0 Å². The van der Waals surface area contributed by atoms with Gasteiger partial charge in [0.15, 0.2) is 11.6 Å². The summed E-state index contributed by atoms with van der Waals surface area (Å²) in [5.41, 5.74) is 1.07. The van der Waals surface area contributed by atoms with Crippen LogP contribution in [0.1, 0.15) is 19.3 Å². The number of esters is 1. The molecule has 4 heteroatoms. The molecular formula is C12H12O4. The quantitative estimate of drug-likeness (QED) is 0.488. The van der Waals surface area contributed by atoms with E-state index in [-0.39, 0.29) is 23.5 Å². The summed E-state index contributed by atoms with van der Waals surface area (Å²) in [5, 5.41) is 0. The van der Waals surface area contributed by atoms with Crippen LogP contribution in [0, 0.1) is 5.92 Å². The van der Waals surface area contributed by atoms with Gasteiger partial charge in [-0.3, -0.25) is 14.4 Å². The van der Waals surface area contributed by atoms with Gasteiger partial charge in [0.25, 0.3) is 0 Å². The SMILES string of the molecule is COC(=O)C1CCC2=C(C1)C(=O)C=CC2=O. The Bertz CT molecular complexity index is 428. The van der Waals surface area contributed by atoms with Gasteiger partial charge >= 0.3 is 5.97 Å². The van der Waals surface area contributed by atoms with E-state index in [9.17, 15) is 14.4 Å². The number of carbonyl (C=O) groups excluding carboxylic acids is 3. The number of ketones is 2. The standard InChI is InChI=1S/C12H12O4/c1-16-12(15)7-2-3-8-9(6-7)11(14)5-4-10(8)13/h4-5,7H,2-3,6H2,1H3. The second-order valence-corrected chi connectivity index (χ2v) is 3.98. The van der Waals surface area contributed by atoms with Crippen molar-refractivity contribution >= 4 is 17.5 Å². The van der Waals surface area contributed by atoms with Crippen molar-refractivity contribution in [2.75, 3.05) is 7.11 Å². The number of hydrogen-bond donors (Lipinski definition) is 0. The van der Waals surface area contributed by atoms with Gasteiger partial charge in [0.1, 0.15) is 0 Å². The fourth-order valence-corrected chi connectivity index (χ4v) is 2.18. The predicted octanol–water partition coefficient (Wildman–Crippen LogP) is 0.964. The molecule has 0 saturated heterocycles. The minimum absolute atomic E-state index is 0.0992. The molecule has 0 radical (unpaired) electrons. The zero-order valence-electron chi connectivity index (χ0n) is 8.99. The van der Waals surface area contributed by atoms with Crippen molar-refractivity contribution in [3.8, 4) is 0 Å². The van der Waals surface area contributed by atoms with Gasteiger partial charge < -0.3 is 4.74 Å². The van der Waals surface area contributed by atoms with E-state index in [0.717, 1.165) is 0 Å². The second-order valence-electron chi connectivity index (χ2n) is 3.98. The highest BCUT2D eigenvalue weighted by Crippen LogP contribution is 2.33. The fraction of sp³-hybridized carbons (Fsp3) is 0.417. The van der Waals surface area contributed by atoms with Crippen molar-refractivity contribution in [1.82, 2.24) is 0 Å². The minimum Gasteiger partial charge on any atom is -0.469 e. The summed E-state index contributed by atoms with van der Waals surface area (Å²) in [6.45, 7) is 0. The Hall–Kier alpha value is -1.71. The molecule has 1 unspecified atom stereocenters. The molecule has 0 heterocycles. The van der Waals surface area contributed by atoms with Gasteiger partial charge in [-0.2, -0.15) is 0 Å². The lowest BCUT2D eigenvalue weighted by Crippen LogP contribution is -2.26. The highest BCUT2D eigenvalue weighted by atomic mass is 16.5. The maximum atomic E-state index is 11.6. The molecule has 84 valence electrons. The molecule has 0 spiro atoms. The third-order valence-corrected chi connectivity index (χ3v) is 3.07. The lowest BCUT2D eigenvalue weighted by Gasteiger charge is -2.24. The van der Waals surface area contributed by atoms with E-state index in [1.54, 1.807) is 0 Å². The number of ether oxygens (including phenoxy) is 1. The molecule has 4 nitrogen and oxygen atoms in total. The number of rotatable bonds is 1. The van der Waals surface area contributed by atoms with Gasteiger partial charge in [-0.1, -0.05) is 0 Å². The number of methoxy groups -OCH3 is 1. The Morgan fingerprint density at radius 1 is 1.25 bits per heavy atom. The zero-order valence-corrected chi connectivity index (χ0v) is 8.99. The Labute approximate surface area is 93.0 Å². The first-order valence-electron chi connectivity index (χ1n) is 5.20. The van der Waals surface area contributed by atoms with Crippen LogP contribution in [0.4, 0.5) is 0 Å². The van der Waals surface area contributed by atoms with E-state index in [4.69, 9.17) is 0 Å². The molecule has 0 aliphatic heterocycles. The van der Waals surface area contributed by atoms with E-state index >= 15 is 0 Å². The first-order chi connectivity index (χ1) is 7.63. The zero-order chi connectivity index (χ0) is 11.7. The van der Waals surface area contributed by atoms with Crippen molar-refractivity contribution in [3.05, 3.63) is 23.3 Å². The van der Waals surface area contributed by atoms with Gasteiger partial charge in [-0.05, 0) is 31.4 Å². The van der Waals surface area contributed by atoms with E-state index in [1.165, 1.54) is 19.3 Å². The molecule has 16 heavy (non-hydrogen) atoms. The Morgan fingerprint density at radius 3 is 2.50 bits per heavy atom. The Balaban J connectivity index is 2.25. The van der Waals surface area contributed by atoms with Crippen molar-refractivity contribution in [2.45, 2.75) is 19.3 Å². The van der Waals surface area contributed by atoms with Gasteiger partial charge in [0.05, 0.1) is 13.0 Å². The maximum Gasteiger partial charge on any atom is 0.309 e. The third-order valence-electron chi connectivity index (χ3n) is 3.07. The smallest absolute Gasteiger partial charge is 0.309 e. The fourth-order valence-electron chi connectivity index (χ4n) is 2.18. The van der Waals surface area contributed by atoms with E-state index in [2.05, 4.69) is 4.74 Å². The van der Waals surface area contributed by atoms with Crippen LogP contribution in [0.25, 0.3) is 0 Å². The highest BCUT2D eigenvalue weighted by molar-refractivity contribution is 6.20. The van der Waals surface area contributed by atoms with Crippen LogP contribution in [-0.4, -0.2) is 24.6 Å². The molecule has 2 aliphatic rings. The topological polar surface area (TPSA) is 60.4 Å². The summed E-state index contributed by atoms with van der Waals surface area (Å²) in [5.74, 6) is -0.838. The molecular weight excluding hydrogens is 208 g/mol. The van der Waals surface area contributed by atoms with Crippen LogP contribution in [0.5, 0.6) is 0 Å². The summed E-state index contributed by atoms with van der Waals surface area (Å²) >= 11 is 0. The molecule has 1 atom stereocenters. The molecule has 2 aliphatic carbocycles. The van der Waals surface area contributed by atoms with Crippen molar-refractivity contribution in [3.63, 3.8) is 0 Å². The molecule has 0 aromatic rings. The summed E-state index contributed by atoms with van der Waals surface area (Å²) in [6, 6.07) is 0. The molecule has 0 N–H and O–H groups in total. The van der Waals surface area contributed by atoms with E-state index < -0.39 is 0 Å². The number of carbonyl (C=O) groups is 3. The molecule has 0 fully saturated rings. The largest absolute Gasteiger partial charge is 0.469 e. The lowest BCUT2D eigenvalue weighted by atomic mass is 9.78. The molecule has 0 amide bonds. The molecule has 0 aromatic carbocycles. The van der Waals surface area contributed by atoms with Crippen molar-refractivity contribution < 1.29 is 19.1 Å². The van der Waals surface area contributed by atoms with Crippen LogP contribution < -0.4 is 0 Å². The summed E-state index contributed by atoms with van der Waals surface area (Å²) in [7, 11) is 1.33. The summed E-state index contributed by atoms with van der Waals surface area (Å²) in [4.78, 5) is 34.5. The van der Waals surface area contributed by atoms with Crippen LogP contribution in [-0.2, 0) is 19.1 Å². The second kappa shape index (κ2) is 4.04. The maximum absolute atomic E-state index is 11.6. The Morgan fingerprint density at radius 2 is 1.88 bits per heavy atom. The average Bonchev–Trinajstić information content (AvgIpc) is 2.32. The first kappa shape index (κ1) is 10.8. The van der Waals surface area contributed by atoms with Gasteiger partial charge in [0.2, 0.25) is 0 Å². The average molecular weight is 220 g/mol. The summed E-state index contributed by atoms with van der Waals surface area (Å²) < 4.78 is 4.66. The van der Waals surface area contributed by atoms with Crippen molar-refractivity contribution in [1.29, 1.82) is 0 Å². The van der Waals surface area contributed by atoms with Crippen LogP contribution in [0.2, 0.25) is 0 Å². The molecule has 0 saturated carbocycles. The number of allylic oxidation sites excluding steroid dienone is 4.